The summed E-state index contributed by atoms with van der Waals surface area (Å²) in [5.74, 6) is 0. The number of aromatic nitrogens is 1. The van der Waals surface area contributed by atoms with Crippen molar-refractivity contribution in [3.05, 3.63) is 196 Å². The van der Waals surface area contributed by atoms with Crippen LogP contribution in [0, 0.1) is 6.92 Å². The molecule has 0 atom stereocenters. The van der Waals surface area contributed by atoms with Gasteiger partial charge in [-0.15, -0.1) is 0 Å². The van der Waals surface area contributed by atoms with Crippen LogP contribution < -0.4 is 0 Å². The lowest BCUT2D eigenvalue weighted by Gasteiger charge is -2.18. The standard InChI is InChI=1S/C45H45N.C4H8.C3H8/c1-6-12-33(4)26-37-30-39(28-35-20-18-32(3)19-21-35)40(31-38(37)27-34(5)13-7-2)29-36-22-24-41(25-23-36)46-44-16-10-8-14-42(44)43-15-9-11-17-45(43)46;1-3-4-2;1-3-2/h7-25,30-31H,5-6,26-29H2,1-4H3;3-4H,1-2H3;3H2,1-2H3/b13-7-,33-12+;4-3-;. The van der Waals surface area contributed by atoms with Gasteiger partial charge < -0.3 is 4.57 Å². The van der Waals surface area contributed by atoms with E-state index < -0.39 is 0 Å². The van der Waals surface area contributed by atoms with Crippen LogP contribution in [0.2, 0.25) is 0 Å². The van der Waals surface area contributed by atoms with E-state index in [1.54, 1.807) is 0 Å². The number of fused-ring (bicyclic) bond motifs is 3. The molecule has 0 fully saturated rings. The Kier molecular flexibility index (Phi) is 15.9. The fraction of sp³-hybridized carbons (Fsp3) is 0.269. The molecule has 0 aliphatic heterocycles. The molecular weight excluding hydrogens is 639 g/mol. The molecule has 0 N–H and O–H groups in total. The molecule has 0 saturated carbocycles. The van der Waals surface area contributed by atoms with Crippen LogP contribution in [0.5, 0.6) is 0 Å². The highest BCUT2D eigenvalue weighted by atomic mass is 15.0. The fourth-order valence-corrected chi connectivity index (χ4v) is 6.82. The average Bonchev–Trinajstić information content (AvgIpc) is 3.49. The highest BCUT2D eigenvalue weighted by molar-refractivity contribution is 6.09. The Morgan fingerprint density at radius 2 is 1.08 bits per heavy atom. The van der Waals surface area contributed by atoms with Crippen molar-refractivity contribution in [2.24, 2.45) is 0 Å². The summed E-state index contributed by atoms with van der Waals surface area (Å²) in [6, 6.07) is 40.6. The van der Waals surface area contributed by atoms with E-state index in [0.717, 1.165) is 37.7 Å². The Bertz CT molecular complexity index is 2090. The van der Waals surface area contributed by atoms with E-state index in [1.165, 1.54) is 78.4 Å². The number of allylic oxidation sites excluding steroid dienone is 7. The summed E-state index contributed by atoms with van der Waals surface area (Å²) in [5, 5.41) is 2.58. The smallest absolute Gasteiger partial charge is 0.0541 e. The molecule has 6 rings (SSSR count). The van der Waals surface area contributed by atoms with Crippen LogP contribution in [-0.2, 0) is 25.7 Å². The lowest BCUT2D eigenvalue weighted by atomic mass is 9.87. The Labute approximate surface area is 321 Å². The topological polar surface area (TPSA) is 4.93 Å². The summed E-state index contributed by atoms with van der Waals surface area (Å²) in [6.07, 6.45) is 16.6. The normalized spacial score (nSPS) is 11.5. The van der Waals surface area contributed by atoms with Crippen molar-refractivity contribution >= 4 is 21.8 Å². The average molecular weight is 700 g/mol. The second kappa shape index (κ2) is 20.8. The molecule has 0 aliphatic carbocycles. The monoisotopic (exact) mass is 699 g/mol. The van der Waals surface area contributed by atoms with Crippen LogP contribution in [0.1, 0.15) is 100 Å². The van der Waals surface area contributed by atoms with Crippen LogP contribution in [-0.4, -0.2) is 4.57 Å². The Hall–Kier alpha value is -5.14. The van der Waals surface area contributed by atoms with Gasteiger partial charge in [0.25, 0.3) is 0 Å². The summed E-state index contributed by atoms with van der Waals surface area (Å²) in [7, 11) is 0. The van der Waals surface area contributed by atoms with Crippen molar-refractivity contribution in [3.63, 3.8) is 0 Å². The molecule has 0 radical (unpaired) electrons. The van der Waals surface area contributed by atoms with Crippen LogP contribution in [0.15, 0.2) is 157 Å². The quantitative estimate of drug-likeness (QED) is 0.0937. The first-order valence-electron chi connectivity index (χ1n) is 19.6. The largest absolute Gasteiger partial charge is 0.309 e. The predicted octanol–water partition coefficient (Wildman–Crippen LogP) is 14.8. The molecule has 6 aromatic rings. The minimum absolute atomic E-state index is 0.865. The molecule has 0 unspecified atom stereocenters. The highest BCUT2D eigenvalue weighted by Crippen LogP contribution is 2.32. The Morgan fingerprint density at radius 3 is 1.55 bits per heavy atom. The van der Waals surface area contributed by atoms with Gasteiger partial charge in [0.15, 0.2) is 0 Å². The molecule has 5 aromatic carbocycles. The van der Waals surface area contributed by atoms with Gasteiger partial charge in [0.2, 0.25) is 0 Å². The lowest BCUT2D eigenvalue weighted by Crippen LogP contribution is -2.05. The summed E-state index contributed by atoms with van der Waals surface area (Å²) in [6.45, 7) is 21.3. The number of para-hydroxylation sites is 2. The zero-order valence-corrected chi connectivity index (χ0v) is 33.7. The summed E-state index contributed by atoms with van der Waals surface area (Å²) < 4.78 is 2.39. The van der Waals surface area contributed by atoms with Crippen molar-refractivity contribution in [3.8, 4) is 5.69 Å². The van der Waals surface area contributed by atoms with Crippen molar-refractivity contribution in [2.75, 3.05) is 0 Å². The minimum atomic E-state index is 0.865. The molecule has 53 heavy (non-hydrogen) atoms. The first kappa shape index (κ1) is 40.6. The third kappa shape index (κ3) is 11.2. The molecule has 1 aromatic heterocycles. The van der Waals surface area contributed by atoms with E-state index in [1.807, 2.05) is 26.0 Å². The van der Waals surface area contributed by atoms with E-state index in [4.69, 9.17) is 0 Å². The van der Waals surface area contributed by atoms with Gasteiger partial charge in [-0.2, -0.15) is 0 Å². The van der Waals surface area contributed by atoms with Crippen LogP contribution in [0.25, 0.3) is 27.5 Å². The summed E-state index contributed by atoms with van der Waals surface area (Å²) >= 11 is 0. The van der Waals surface area contributed by atoms with Gasteiger partial charge in [0.05, 0.1) is 11.0 Å². The van der Waals surface area contributed by atoms with Gasteiger partial charge in [-0.25, -0.2) is 0 Å². The maximum Gasteiger partial charge on any atom is 0.0541 e. The van der Waals surface area contributed by atoms with Crippen molar-refractivity contribution < 1.29 is 0 Å². The molecule has 1 heteroatoms. The van der Waals surface area contributed by atoms with E-state index in [9.17, 15) is 0 Å². The van der Waals surface area contributed by atoms with Gasteiger partial charge in [-0.3, -0.25) is 0 Å². The van der Waals surface area contributed by atoms with Crippen LogP contribution in [0.3, 0.4) is 0 Å². The Balaban J connectivity index is 0.000000827. The summed E-state index contributed by atoms with van der Waals surface area (Å²) in [4.78, 5) is 0. The van der Waals surface area contributed by atoms with Gasteiger partial charge in [-0.1, -0.05) is 166 Å². The molecule has 274 valence electrons. The maximum atomic E-state index is 4.38. The first-order chi connectivity index (χ1) is 25.8. The molecule has 0 aliphatic rings. The van der Waals surface area contributed by atoms with E-state index in [-0.39, 0.29) is 0 Å². The molecule has 1 nitrogen and oxygen atoms in total. The fourth-order valence-electron chi connectivity index (χ4n) is 6.82. The second-order valence-corrected chi connectivity index (χ2v) is 14.1. The third-order valence-electron chi connectivity index (χ3n) is 9.38. The zero-order valence-electron chi connectivity index (χ0n) is 33.7. The maximum absolute atomic E-state index is 4.38. The number of benzene rings is 5. The Morgan fingerprint density at radius 1 is 0.604 bits per heavy atom. The van der Waals surface area contributed by atoms with Crippen LogP contribution in [0.4, 0.5) is 0 Å². The van der Waals surface area contributed by atoms with E-state index in [2.05, 4.69) is 180 Å². The molecule has 0 bridgehead atoms. The zero-order chi connectivity index (χ0) is 38.2. The van der Waals surface area contributed by atoms with Crippen molar-refractivity contribution in [2.45, 2.75) is 93.9 Å². The predicted molar refractivity (Wildman–Crippen MR) is 236 cm³/mol. The SMILES string of the molecule is C/C=C\C.C=C(/C=C\C)Cc1cc(Cc2ccc(-n3c4ccccc4c4ccccc43)cc2)c(Cc2ccc(C)cc2)cc1C/C(C)=C/CC.CCC. The first-order valence-corrected chi connectivity index (χ1v) is 19.6. The number of nitrogens with zero attached hydrogens (tertiary/aromatic N) is 1. The van der Waals surface area contributed by atoms with Crippen LogP contribution >= 0.6 is 0 Å². The van der Waals surface area contributed by atoms with Crippen molar-refractivity contribution in [1.82, 2.24) is 4.57 Å². The van der Waals surface area contributed by atoms with Crippen molar-refractivity contribution in [1.29, 1.82) is 0 Å². The molecule has 0 amide bonds. The van der Waals surface area contributed by atoms with Gasteiger partial charge in [-0.05, 0) is 124 Å². The lowest BCUT2D eigenvalue weighted by molar-refractivity contribution is 1.01. The van der Waals surface area contributed by atoms with E-state index in [0.29, 0.717) is 0 Å². The van der Waals surface area contributed by atoms with Gasteiger partial charge >= 0.3 is 0 Å². The van der Waals surface area contributed by atoms with Gasteiger partial charge in [0, 0.05) is 16.5 Å². The number of aryl methyl sites for hydroxylation is 1. The molecule has 0 saturated heterocycles. The molecule has 0 spiro atoms. The molecular formula is C52H61N. The van der Waals surface area contributed by atoms with Gasteiger partial charge in [0.1, 0.15) is 0 Å². The number of rotatable bonds is 11. The summed E-state index contributed by atoms with van der Waals surface area (Å²) in [5.41, 5.74) is 15.8. The van der Waals surface area contributed by atoms with E-state index >= 15 is 0 Å². The second-order valence-electron chi connectivity index (χ2n) is 14.1. The highest BCUT2D eigenvalue weighted by Gasteiger charge is 2.15. The number of hydrogen-bond donors (Lipinski definition) is 0. The minimum Gasteiger partial charge on any atom is -0.309 e. The third-order valence-corrected chi connectivity index (χ3v) is 9.38. The number of hydrogen-bond acceptors (Lipinski definition) is 0. The molecule has 1 heterocycles.